The van der Waals surface area contributed by atoms with Crippen LogP contribution < -0.4 is 5.73 Å². The Labute approximate surface area is 80.7 Å². The van der Waals surface area contributed by atoms with Crippen LogP contribution in [0.15, 0.2) is 34.9 Å². The molecule has 0 aliphatic carbocycles. The SMILES string of the molecule is Cc1c(N)oc2c3ccccc3cn12. The molecule has 2 aromatic heterocycles. The molecule has 0 fully saturated rings. The van der Waals surface area contributed by atoms with Crippen LogP contribution in [0.25, 0.3) is 16.5 Å². The standard InChI is InChI=1S/C11H10N2O/c1-7-10(12)14-11-9-5-3-2-4-8(9)6-13(7)11/h2-6H,12H2,1H3. The van der Waals surface area contributed by atoms with E-state index in [4.69, 9.17) is 10.2 Å². The summed E-state index contributed by atoms with van der Waals surface area (Å²) in [5.74, 6) is 0.491. The van der Waals surface area contributed by atoms with E-state index in [2.05, 4.69) is 6.07 Å². The molecule has 0 unspecified atom stereocenters. The Morgan fingerprint density at radius 3 is 2.93 bits per heavy atom. The number of oxazole rings is 1. The van der Waals surface area contributed by atoms with Crippen molar-refractivity contribution in [2.45, 2.75) is 6.92 Å². The van der Waals surface area contributed by atoms with Gasteiger partial charge in [0.05, 0.1) is 5.69 Å². The lowest BCUT2D eigenvalue weighted by Crippen LogP contribution is -1.86. The van der Waals surface area contributed by atoms with Gasteiger partial charge in [0, 0.05) is 17.0 Å². The Bertz CT molecular complexity index is 619. The van der Waals surface area contributed by atoms with Crippen molar-refractivity contribution in [2.24, 2.45) is 0 Å². The summed E-state index contributed by atoms with van der Waals surface area (Å²) in [5.41, 5.74) is 7.48. The van der Waals surface area contributed by atoms with Gasteiger partial charge in [0.2, 0.25) is 11.6 Å². The second-order valence-corrected chi connectivity index (χ2v) is 3.44. The van der Waals surface area contributed by atoms with Gasteiger partial charge >= 0.3 is 0 Å². The fourth-order valence-corrected chi connectivity index (χ4v) is 1.78. The van der Waals surface area contributed by atoms with Gasteiger partial charge in [-0.05, 0) is 13.0 Å². The number of aromatic nitrogens is 1. The second-order valence-electron chi connectivity index (χ2n) is 3.44. The molecule has 3 heteroatoms. The molecular formula is C11H10N2O. The van der Waals surface area contributed by atoms with E-state index in [0.29, 0.717) is 5.88 Å². The van der Waals surface area contributed by atoms with Crippen molar-refractivity contribution in [3.8, 4) is 0 Å². The minimum Gasteiger partial charge on any atom is -0.422 e. The van der Waals surface area contributed by atoms with E-state index in [1.54, 1.807) is 0 Å². The summed E-state index contributed by atoms with van der Waals surface area (Å²) >= 11 is 0. The third-order valence-electron chi connectivity index (χ3n) is 2.60. The number of rotatable bonds is 0. The first-order chi connectivity index (χ1) is 6.77. The van der Waals surface area contributed by atoms with Crippen LogP contribution in [0.2, 0.25) is 0 Å². The molecule has 0 radical (unpaired) electrons. The Balaban J connectivity index is 2.60. The third kappa shape index (κ3) is 0.763. The molecule has 0 bridgehead atoms. The van der Waals surface area contributed by atoms with Gasteiger partial charge in [-0.15, -0.1) is 0 Å². The molecule has 2 heterocycles. The summed E-state index contributed by atoms with van der Waals surface area (Å²) in [6, 6.07) is 8.11. The fraction of sp³-hybridized carbons (Fsp3) is 0.0909. The van der Waals surface area contributed by atoms with Crippen LogP contribution >= 0.6 is 0 Å². The first kappa shape index (κ1) is 7.50. The molecule has 0 aliphatic heterocycles. The minimum atomic E-state index is 0.491. The van der Waals surface area contributed by atoms with Crippen LogP contribution in [0.4, 0.5) is 5.88 Å². The molecule has 0 amide bonds. The highest BCUT2D eigenvalue weighted by Crippen LogP contribution is 2.27. The zero-order valence-electron chi connectivity index (χ0n) is 7.82. The van der Waals surface area contributed by atoms with E-state index in [-0.39, 0.29) is 0 Å². The molecule has 70 valence electrons. The summed E-state index contributed by atoms with van der Waals surface area (Å²) in [6.45, 7) is 1.95. The Morgan fingerprint density at radius 2 is 2.07 bits per heavy atom. The Morgan fingerprint density at radius 1 is 1.29 bits per heavy atom. The van der Waals surface area contributed by atoms with E-state index in [1.165, 1.54) is 5.39 Å². The fourth-order valence-electron chi connectivity index (χ4n) is 1.78. The molecule has 0 aliphatic rings. The van der Waals surface area contributed by atoms with Crippen molar-refractivity contribution in [3.05, 3.63) is 36.2 Å². The largest absolute Gasteiger partial charge is 0.422 e. The second kappa shape index (κ2) is 2.32. The first-order valence-corrected chi connectivity index (χ1v) is 4.52. The lowest BCUT2D eigenvalue weighted by atomic mass is 10.2. The van der Waals surface area contributed by atoms with E-state index in [1.807, 2.05) is 35.7 Å². The Kier molecular flexibility index (Phi) is 1.24. The van der Waals surface area contributed by atoms with Gasteiger partial charge in [-0.2, -0.15) is 0 Å². The average Bonchev–Trinajstić information content (AvgIpc) is 2.67. The number of hydrogen-bond donors (Lipinski definition) is 1. The molecule has 1 aromatic carbocycles. The smallest absolute Gasteiger partial charge is 0.214 e. The van der Waals surface area contributed by atoms with Gasteiger partial charge in [-0.25, -0.2) is 0 Å². The topological polar surface area (TPSA) is 43.6 Å². The molecular weight excluding hydrogens is 176 g/mol. The predicted molar refractivity (Wildman–Crippen MR) is 56.3 cm³/mol. The maximum atomic E-state index is 5.70. The van der Waals surface area contributed by atoms with Crippen LogP contribution in [0.5, 0.6) is 0 Å². The molecule has 2 N–H and O–H groups in total. The lowest BCUT2D eigenvalue weighted by molar-refractivity contribution is 0.631. The first-order valence-electron chi connectivity index (χ1n) is 4.52. The molecule has 0 saturated carbocycles. The van der Waals surface area contributed by atoms with Gasteiger partial charge in [0.1, 0.15) is 0 Å². The molecule has 0 saturated heterocycles. The number of nitrogens with zero attached hydrogens (tertiary/aromatic N) is 1. The summed E-state index contributed by atoms with van der Waals surface area (Å²) in [7, 11) is 0. The molecule has 0 atom stereocenters. The van der Waals surface area contributed by atoms with E-state index >= 15 is 0 Å². The van der Waals surface area contributed by atoms with Crippen LogP contribution in [0, 0.1) is 6.92 Å². The number of aryl methyl sites for hydroxylation is 1. The quantitative estimate of drug-likeness (QED) is 0.586. The summed E-state index contributed by atoms with van der Waals surface area (Å²) in [6.07, 6.45) is 2.04. The maximum Gasteiger partial charge on any atom is 0.214 e. The summed E-state index contributed by atoms with van der Waals surface area (Å²) in [5, 5.41) is 2.28. The highest BCUT2D eigenvalue weighted by atomic mass is 16.4. The number of hydrogen-bond acceptors (Lipinski definition) is 2. The lowest BCUT2D eigenvalue weighted by Gasteiger charge is -1.87. The predicted octanol–water partition coefficient (Wildman–Crippen LogP) is 2.58. The summed E-state index contributed by atoms with van der Waals surface area (Å²) in [4.78, 5) is 0. The van der Waals surface area contributed by atoms with Gasteiger partial charge in [-0.1, -0.05) is 18.2 Å². The number of nitrogens with two attached hydrogens (primary N) is 1. The van der Waals surface area contributed by atoms with Crippen molar-refractivity contribution < 1.29 is 4.42 Å². The number of anilines is 1. The van der Waals surface area contributed by atoms with Crippen LogP contribution in [0.3, 0.4) is 0 Å². The van der Waals surface area contributed by atoms with Crippen LogP contribution in [-0.4, -0.2) is 4.40 Å². The van der Waals surface area contributed by atoms with Crippen molar-refractivity contribution in [1.82, 2.24) is 4.40 Å². The number of benzene rings is 1. The van der Waals surface area contributed by atoms with Gasteiger partial charge in [-0.3, -0.25) is 4.40 Å². The highest BCUT2D eigenvalue weighted by Gasteiger charge is 2.10. The highest BCUT2D eigenvalue weighted by molar-refractivity contribution is 5.95. The zero-order valence-corrected chi connectivity index (χ0v) is 7.82. The van der Waals surface area contributed by atoms with Crippen molar-refractivity contribution in [2.75, 3.05) is 5.73 Å². The average molecular weight is 186 g/mol. The van der Waals surface area contributed by atoms with E-state index in [0.717, 1.165) is 16.8 Å². The minimum absolute atomic E-state index is 0.491. The molecule has 14 heavy (non-hydrogen) atoms. The molecule has 3 nitrogen and oxygen atoms in total. The Hall–Kier alpha value is -1.90. The van der Waals surface area contributed by atoms with Gasteiger partial charge in [0.25, 0.3) is 0 Å². The normalized spacial score (nSPS) is 11.5. The van der Waals surface area contributed by atoms with Gasteiger partial charge in [0.15, 0.2) is 0 Å². The van der Waals surface area contributed by atoms with Crippen molar-refractivity contribution in [1.29, 1.82) is 0 Å². The third-order valence-corrected chi connectivity index (χ3v) is 2.60. The molecule has 0 spiro atoms. The number of nitrogen functional groups attached to an aromatic ring is 1. The molecule has 3 rings (SSSR count). The number of fused-ring (bicyclic) bond motifs is 3. The monoisotopic (exact) mass is 186 g/mol. The summed E-state index contributed by atoms with van der Waals surface area (Å²) < 4.78 is 7.48. The molecule has 3 aromatic rings. The van der Waals surface area contributed by atoms with E-state index < -0.39 is 0 Å². The van der Waals surface area contributed by atoms with Crippen molar-refractivity contribution >= 4 is 22.4 Å². The van der Waals surface area contributed by atoms with Gasteiger partial charge < -0.3 is 10.2 Å². The van der Waals surface area contributed by atoms with E-state index in [9.17, 15) is 0 Å². The zero-order chi connectivity index (χ0) is 9.71. The van der Waals surface area contributed by atoms with Crippen LogP contribution in [-0.2, 0) is 0 Å². The maximum absolute atomic E-state index is 5.70. The van der Waals surface area contributed by atoms with Crippen molar-refractivity contribution in [3.63, 3.8) is 0 Å². The van der Waals surface area contributed by atoms with Crippen LogP contribution in [0.1, 0.15) is 5.69 Å².